The van der Waals surface area contributed by atoms with Crippen LogP contribution in [-0.2, 0) is 9.84 Å². The van der Waals surface area contributed by atoms with Gasteiger partial charge in [0.25, 0.3) is 0 Å². The average molecular weight is 333 g/mol. The van der Waals surface area contributed by atoms with Crippen molar-refractivity contribution in [3.8, 4) is 0 Å². The summed E-state index contributed by atoms with van der Waals surface area (Å²) in [5, 5.41) is 9.29. The number of aliphatic hydroxyl groups is 1. The van der Waals surface area contributed by atoms with Crippen LogP contribution in [0.5, 0.6) is 0 Å². The summed E-state index contributed by atoms with van der Waals surface area (Å²) < 4.78 is 25.8. The van der Waals surface area contributed by atoms with Crippen molar-refractivity contribution < 1.29 is 13.5 Å². The highest BCUT2D eigenvalue weighted by atomic mass is 79.9. The number of benzene rings is 1. The fourth-order valence-corrected chi connectivity index (χ4v) is 4.71. The van der Waals surface area contributed by atoms with Crippen LogP contribution in [0.2, 0.25) is 0 Å². The van der Waals surface area contributed by atoms with Gasteiger partial charge in [0.15, 0.2) is 9.84 Å². The van der Waals surface area contributed by atoms with Crippen molar-refractivity contribution in [2.45, 2.75) is 42.4 Å². The van der Waals surface area contributed by atoms with Crippen molar-refractivity contribution in [3.05, 3.63) is 28.7 Å². The molecule has 0 bridgehead atoms. The number of halogens is 1. The molecule has 100 valence electrons. The van der Waals surface area contributed by atoms with E-state index in [0.29, 0.717) is 23.7 Å². The Hall–Kier alpha value is -0.390. The van der Waals surface area contributed by atoms with Crippen LogP contribution < -0.4 is 0 Å². The molecule has 1 aliphatic carbocycles. The van der Waals surface area contributed by atoms with E-state index in [0.717, 1.165) is 10.9 Å². The van der Waals surface area contributed by atoms with Crippen LogP contribution in [0.25, 0.3) is 0 Å². The molecular weight excluding hydrogens is 316 g/mol. The van der Waals surface area contributed by atoms with Gasteiger partial charge in [0, 0.05) is 4.47 Å². The third-order valence-corrected chi connectivity index (χ3v) is 6.32. The molecule has 1 N–H and O–H groups in total. The number of hydrogen-bond acceptors (Lipinski definition) is 3. The molecule has 1 saturated carbocycles. The van der Waals surface area contributed by atoms with Crippen molar-refractivity contribution in [3.63, 3.8) is 0 Å². The van der Waals surface area contributed by atoms with Gasteiger partial charge in [-0.05, 0) is 49.4 Å². The van der Waals surface area contributed by atoms with Crippen LogP contribution in [0.1, 0.15) is 26.2 Å². The summed E-state index contributed by atoms with van der Waals surface area (Å²) in [6, 6.07) is 6.61. The van der Waals surface area contributed by atoms with Crippen LogP contribution >= 0.6 is 15.9 Å². The normalized spacial score (nSPS) is 29.2. The van der Waals surface area contributed by atoms with Gasteiger partial charge in [0.05, 0.1) is 16.2 Å². The lowest BCUT2D eigenvalue weighted by atomic mass is 9.88. The Bertz CT molecular complexity index is 510. The molecule has 0 aliphatic heterocycles. The molecule has 1 fully saturated rings. The fraction of sp³-hybridized carbons (Fsp3) is 0.538. The maximum atomic E-state index is 12.5. The molecule has 3 nitrogen and oxygen atoms in total. The van der Waals surface area contributed by atoms with Gasteiger partial charge in [0.1, 0.15) is 0 Å². The SMILES string of the molecule is CC1CCC(O)C(S(=O)(=O)c2ccc(Br)cc2)C1. The first-order chi connectivity index (χ1) is 8.41. The predicted octanol–water partition coefficient (Wildman–Crippen LogP) is 2.77. The second-order valence-electron chi connectivity index (χ2n) is 5.02. The molecule has 5 heteroatoms. The molecule has 0 radical (unpaired) electrons. The summed E-state index contributed by atoms with van der Waals surface area (Å²) >= 11 is 3.29. The van der Waals surface area contributed by atoms with Gasteiger partial charge in [-0.15, -0.1) is 0 Å². The molecule has 18 heavy (non-hydrogen) atoms. The van der Waals surface area contributed by atoms with Crippen LogP contribution in [0.3, 0.4) is 0 Å². The molecule has 3 unspecified atom stereocenters. The molecule has 1 aromatic carbocycles. The van der Waals surface area contributed by atoms with Crippen molar-refractivity contribution in [2.24, 2.45) is 5.92 Å². The summed E-state index contributed by atoms with van der Waals surface area (Å²) in [5.41, 5.74) is 0. The smallest absolute Gasteiger partial charge is 0.183 e. The van der Waals surface area contributed by atoms with Gasteiger partial charge < -0.3 is 5.11 Å². The lowest BCUT2D eigenvalue weighted by Crippen LogP contribution is -2.39. The van der Waals surface area contributed by atoms with E-state index < -0.39 is 21.2 Å². The van der Waals surface area contributed by atoms with Gasteiger partial charge >= 0.3 is 0 Å². The summed E-state index contributed by atoms with van der Waals surface area (Å²) in [4.78, 5) is 0.295. The van der Waals surface area contributed by atoms with E-state index in [1.54, 1.807) is 24.3 Å². The summed E-state index contributed by atoms with van der Waals surface area (Å²) in [7, 11) is -3.43. The Kier molecular flexibility index (Phi) is 4.14. The van der Waals surface area contributed by atoms with Crippen LogP contribution in [0.4, 0.5) is 0 Å². The molecule has 0 aromatic heterocycles. The second-order valence-corrected chi connectivity index (χ2v) is 8.11. The van der Waals surface area contributed by atoms with Crippen molar-refractivity contribution in [1.29, 1.82) is 0 Å². The highest BCUT2D eigenvalue weighted by Gasteiger charge is 2.37. The summed E-state index contributed by atoms with van der Waals surface area (Å²) in [6.07, 6.45) is 1.27. The first-order valence-electron chi connectivity index (χ1n) is 6.09. The maximum Gasteiger partial charge on any atom is 0.183 e. The fourth-order valence-electron chi connectivity index (χ4n) is 2.45. The van der Waals surface area contributed by atoms with E-state index in [2.05, 4.69) is 15.9 Å². The highest BCUT2D eigenvalue weighted by Crippen LogP contribution is 2.32. The molecule has 0 amide bonds. The minimum absolute atomic E-state index is 0.295. The van der Waals surface area contributed by atoms with E-state index in [4.69, 9.17) is 0 Å². The Labute approximate surface area is 116 Å². The van der Waals surface area contributed by atoms with Crippen molar-refractivity contribution in [2.75, 3.05) is 0 Å². The van der Waals surface area contributed by atoms with E-state index in [-0.39, 0.29) is 0 Å². The van der Waals surface area contributed by atoms with Crippen LogP contribution in [0.15, 0.2) is 33.6 Å². The molecule has 1 aliphatic rings. The Morgan fingerprint density at radius 3 is 2.44 bits per heavy atom. The first kappa shape index (κ1) is 14.0. The maximum absolute atomic E-state index is 12.5. The van der Waals surface area contributed by atoms with E-state index in [1.807, 2.05) is 6.92 Å². The molecular formula is C13H17BrO3S. The minimum atomic E-state index is -3.43. The van der Waals surface area contributed by atoms with Gasteiger partial charge in [0.2, 0.25) is 0 Å². The minimum Gasteiger partial charge on any atom is -0.392 e. The first-order valence-corrected chi connectivity index (χ1v) is 8.42. The summed E-state index contributed by atoms with van der Waals surface area (Å²) in [6.45, 7) is 2.04. The van der Waals surface area contributed by atoms with Gasteiger partial charge in [-0.1, -0.05) is 22.9 Å². The van der Waals surface area contributed by atoms with E-state index in [1.165, 1.54) is 0 Å². The van der Waals surface area contributed by atoms with Gasteiger partial charge in [-0.25, -0.2) is 8.42 Å². The van der Waals surface area contributed by atoms with Crippen molar-refractivity contribution in [1.82, 2.24) is 0 Å². The van der Waals surface area contributed by atoms with Gasteiger partial charge in [-0.3, -0.25) is 0 Å². The molecule has 0 saturated heterocycles. The lowest BCUT2D eigenvalue weighted by Gasteiger charge is -2.31. The van der Waals surface area contributed by atoms with Crippen molar-refractivity contribution >= 4 is 25.8 Å². The highest BCUT2D eigenvalue weighted by molar-refractivity contribution is 9.10. The number of aliphatic hydroxyl groups excluding tert-OH is 1. The van der Waals surface area contributed by atoms with E-state index >= 15 is 0 Å². The van der Waals surface area contributed by atoms with Gasteiger partial charge in [-0.2, -0.15) is 0 Å². The molecule has 0 spiro atoms. The Morgan fingerprint density at radius 1 is 1.22 bits per heavy atom. The quantitative estimate of drug-likeness (QED) is 0.905. The molecule has 3 atom stereocenters. The Morgan fingerprint density at radius 2 is 1.83 bits per heavy atom. The number of sulfone groups is 1. The van der Waals surface area contributed by atoms with Crippen LogP contribution in [-0.4, -0.2) is 24.9 Å². The third-order valence-electron chi connectivity index (χ3n) is 3.56. The number of rotatable bonds is 2. The monoisotopic (exact) mass is 332 g/mol. The molecule has 0 heterocycles. The predicted molar refractivity (Wildman–Crippen MR) is 74.1 cm³/mol. The average Bonchev–Trinajstić information content (AvgIpc) is 2.32. The molecule has 1 aromatic rings. The Balaban J connectivity index is 2.32. The number of hydrogen-bond donors (Lipinski definition) is 1. The van der Waals surface area contributed by atoms with E-state index in [9.17, 15) is 13.5 Å². The zero-order valence-electron chi connectivity index (χ0n) is 10.2. The third kappa shape index (κ3) is 2.78. The standard InChI is InChI=1S/C13H17BrO3S/c1-9-2-7-12(15)13(8-9)18(16,17)11-5-3-10(14)4-6-11/h3-6,9,12-13,15H,2,7-8H2,1H3. The summed E-state index contributed by atoms with van der Waals surface area (Å²) in [5.74, 6) is 0.351. The largest absolute Gasteiger partial charge is 0.392 e. The zero-order chi connectivity index (χ0) is 13.3. The zero-order valence-corrected chi connectivity index (χ0v) is 12.6. The van der Waals surface area contributed by atoms with Crippen LogP contribution in [0, 0.1) is 5.92 Å². The second kappa shape index (κ2) is 5.31. The topological polar surface area (TPSA) is 54.4 Å². The lowest BCUT2D eigenvalue weighted by molar-refractivity contribution is 0.116. The molecule has 2 rings (SSSR count).